The summed E-state index contributed by atoms with van der Waals surface area (Å²) in [6.45, 7) is 5.74. The van der Waals surface area contributed by atoms with E-state index in [-0.39, 0.29) is 0 Å². The van der Waals surface area contributed by atoms with Crippen LogP contribution in [0.25, 0.3) is 0 Å². The van der Waals surface area contributed by atoms with Crippen molar-refractivity contribution in [3.63, 3.8) is 0 Å². The van der Waals surface area contributed by atoms with E-state index in [0.29, 0.717) is 25.6 Å². The van der Waals surface area contributed by atoms with Crippen molar-refractivity contribution >= 4 is 16.0 Å². The number of anilines is 1. The van der Waals surface area contributed by atoms with Gasteiger partial charge in [-0.15, -0.1) is 0 Å². The minimum atomic E-state index is -3.40. The number of pyridine rings is 1. The Labute approximate surface area is 139 Å². The van der Waals surface area contributed by atoms with Gasteiger partial charge in [-0.05, 0) is 43.2 Å². The maximum Gasteiger partial charge on any atom is 0.279 e. The smallest absolute Gasteiger partial charge is 0.279 e. The summed E-state index contributed by atoms with van der Waals surface area (Å²) in [4.78, 5) is 6.73. The van der Waals surface area contributed by atoms with Gasteiger partial charge >= 0.3 is 0 Å². The monoisotopic (exact) mass is 338 g/mol. The molecule has 7 heteroatoms. The van der Waals surface area contributed by atoms with E-state index in [9.17, 15) is 8.42 Å². The van der Waals surface area contributed by atoms with Gasteiger partial charge in [0.15, 0.2) is 0 Å². The predicted molar refractivity (Wildman–Crippen MR) is 91.4 cm³/mol. The highest BCUT2D eigenvalue weighted by Crippen LogP contribution is 2.19. The quantitative estimate of drug-likeness (QED) is 0.888. The molecule has 0 radical (unpaired) electrons. The number of hydrogen-bond acceptors (Lipinski definition) is 4. The fraction of sp³-hybridized carbons (Fsp3) is 0.688. The molecular formula is C16H26N4O2S. The maximum absolute atomic E-state index is 12.4. The fourth-order valence-corrected chi connectivity index (χ4v) is 4.64. The summed E-state index contributed by atoms with van der Waals surface area (Å²) in [6, 6.07) is 3.94. The van der Waals surface area contributed by atoms with Gasteiger partial charge in [0.05, 0.1) is 0 Å². The van der Waals surface area contributed by atoms with E-state index in [1.165, 1.54) is 12.8 Å². The normalized spacial score (nSPS) is 23.3. The molecule has 1 N–H and O–H groups in total. The molecule has 1 unspecified atom stereocenters. The van der Waals surface area contributed by atoms with Crippen LogP contribution in [0.4, 0.5) is 5.82 Å². The molecule has 0 amide bonds. The first-order chi connectivity index (χ1) is 11.0. The van der Waals surface area contributed by atoms with Crippen LogP contribution in [0, 0.1) is 5.92 Å². The molecule has 3 rings (SSSR count). The zero-order chi connectivity index (χ0) is 16.3. The molecule has 0 aromatic carbocycles. The average molecular weight is 338 g/mol. The van der Waals surface area contributed by atoms with Crippen LogP contribution in [0.1, 0.15) is 38.2 Å². The SMILES string of the molecule is CC1CCCN(S(=O)(=O)NCc2ccc(N3CCCC3)nc2)C1. The lowest BCUT2D eigenvalue weighted by Crippen LogP contribution is -2.45. The van der Waals surface area contributed by atoms with Crippen LogP contribution < -0.4 is 9.62 Å². The van der Waals surface area contributed by atoms with Gasteiger partial charge in [-0.2, -0.15) is 17.4 Å². The van der Waals surface area contributed by atoms with Gasteiger partial charge in [0, 0.05) is 38.9 Å². The van der Waals surface area contributed by atoms with Crippen molar-refractivity contribution in [3.8, 4) is 0 Å². The summed E-state index contributed by atoms with van der Waals surface area (Å²) < 4.78 is 29.0. The highest BCUT2D eigenvalue weighted by Gasteiger charge is 2.26. The first-order valence-electron chi connectivity index (χ1n) is 8.49. The summed E-state index contributed by atoms with van der Waals surface area (Å²) in [6.07, 6.45) is 6.26. The van der Waals surface area contributed by atoms with E-state index < -0.39 is 10.2 Å². The Bertz CT molecular complexity index is 611. The zero-order valence-electron chi connectivity index (χ0n) is 13.7. The average Bonchev–Trinajstić information content (AvgIpc) is 3.08. The Balaban J connectivity index is 1.56. The van der Waals surface area contributed by atoms with Crippen molar-refractivity contribution < 1.29 is 8.42 Å². The summed E-state index contributed by atoms with van der Waals surface area (Å²) in [5.41, 5.74) is 0.890. The molecule has 0 aliphatic carbocycles. The van der Waals surface area contributed by atoms with Crippen LogP contribution in [0.15, 0.2) is 18.3 Å². The van der Waals surface area contributed by atoms with Crippen molar-refractivity contribution in [2.24, 2.45) is 5.92 Å². The molecule has 1 aromatic heterocycles. The highest BCUT2D eigenvalue weighted by molar-refractivity contribution is 7.87. The van der Waals surface area contributed by atoms with Crippen molar-refractivity contribution in [2.75, 3.05) is 31.1 Å². The van der Waals surface area contributed by atoms with Crippen molar-refractivity contribution in [1.82, 2.24) is 14.0 Å². The number of aromatic nitrogens is 1. The van der Waals surface area contributed by atoms with Gasteiger partial charge in [0.2, 0.25) is 0 Å². The lowest BCUT2D eigenvalue weighted by molar-refractivity contribution is 0.278. The first-order valence-corrected chi connectivity index (χ1v) is 9.93. The molecule has 2 aliphatic heterocycles. The van der Waals surface area contributed by atoms with E-state index in [2.05, 4.69) is 21.5 Å². The third kappa shape index (κ3) is 4.22. The minimum absolute atomic E-state index is 0.292. The van der Waals surface area contributed by atoms with E-state index in [0.717, 1.165) is 37.3 Å². The third-order valence-electron chi connectivity index (χ3n) is 4.66. The van der Waals surface area contributed by atoms with Crippen LogP contribution in [-0.2, 0) is 16.8 Å². The standard InChI is InChI=1S/C16H26N4O2S/c1-14-5-4-10-20(13-14)23(21,22)18-12-15-6-7-16(17-11-15)19-8-2-3-9-19/h6-7,11,14,18H,2-5,8-10,12-13H2,1H3. The molecule has 128 valence electrons. The van der Waals surface area contributed by atoms with E-state index in [1.54, 1.807) is 10.5 Å². The van der Waals surface area contributed by atoms with E-state index >= 15 is 0 Å². The summed E-state index contributed by atoms with van der Waals surface area (Å²) in [5.74, 6) is 1.42. The lowest BCUT2D eigenvalue weighted by atomic mass is 10.0. The Hall–Kier alpha value is -1.18. The second-order valence-corrected chi connectivity index (χ2v) is 8.41. The predicted octanol–water partition coefficient (Wildman–Crippen LogP) is 1.75. The highest BCUT2D eigenvalue weighted by atomic mass is 32.2. The van der Waals surface area contributed by atoms with E-state index in [1.807, 2.05) is 12.1 Å². The first kappa shape index (κ1) is 16.7. The van der Waals surface area contributed by atoms with E-state index in [4.69, 9.17) is 0 Å². The molecule has 0 bridgehead atoms. The van der Waals surface area contributed by atoms with Gasteiger partial charge in [-0.3, -0.25) is 0 Å². The number of nitrogens with zero attached hydrogens (tertiary/aromatic N) is 3. The molecule has 23 heavy (non-hydrogen) atoms. The van der Waals surface area contributed by atoms with Crippen LogP contribution >= 0.6 is 0 Å². The Morgan fingerprint density at radius 2 is 2.00 bits per heavy atom. The van der Waals surface area contributed by atoms with Crippen LogP contribution in [0.3, 0.4) is 0 Å². The molecule has 3 heterocycles. The van der Waals surface area contributed by atoms with Gasteiger partial charge in [0.1, 0.15) is 5.82 Å². The second-order valence-electron chi connectivity index (χ2n) is 6.65. The topological polar surface area (TPSA) is 65.5 Å². The minimum Gasteiger partial charge on any atom is -0.357 e. The number of piperidine rings is 1. The molecular weight excluding hydrogens is 312 g/mol. The van der Waals surface area contributed by atoms with Gasteiger partial charge < -0.3 is 4.90 Å². The zero-order valence-corrected chi connectivity index (χ0v) is 14.6. The molecule has 1 aromatic rings. The molecule has 0 spiro atoms. The maximum atomic E-state index is 12.4. The Kier molecular flexibility index (Phi) is 5.18. The molecule has 6 nitrogen and oxygen atoms in total. The second kappa shape index (κ2) is 7.15. The third-order valence-corrected chi connectivity index (χ3v) is 6.18. The summed E-state index contributed by atoms with van der Waals surface area (Å²) in [5, 5.41) is 0. The van der Waals surface area contributed by atoms with Crippen molar-refractivity contribution in [2.45, 2.75) is 39.2 Å². The van der Waals surface area contributed by atoms with Gasteiger partial charge in [-0.25, -0.2) is 4.98 Å². The Morgan fingerprint density at radius 1 is 1.22 bits per heavy atom. The summed E-state index contributed by atoms with van der Waals surface area (Å²) in [7, 11) is -3.40. The largest absolute Gasteiger partial charge is 0.357 e. The molecule has 0 saturated carbocycles. The molecule has 2 saturated heterocycles. The molecule has 2 aliphatic rings. The Morgan fingerprint density at radius 3 is 2.65 bits per heavy atom. The fourth-order valence-electron chi connectivity index (χ4n) is 3.28. The van der Waals surface area contributed by atoms with Gasteiger partial charge in [0.25, 0.3) is 10.2 Å². The number of hydrogen-bond donors (Lipinski definition) is 1. The van der Waals surface area contributed by atoms with Crippen LogP contribution in [-0.4, -0.2) is 43.9 Å². The number of rotatable bonds is 5. The number of nitrogens with one attached hydrogen (secondary N) is 1. The lowest BCUT2D eigenvalue weighted by Gasteiger charge is -2.30. The van der Waals surface area contributed by atoms with Crippen molar-refractivity contribution in [1.29, 1.82) is 0 Å². The summed E-state index contributed by atoms with van der Waals surface area (Å²) >= 11 is 0. The van der Waals surface area contributed by atoms with Crippen molar-refractivity contribution in [3.05, 3.63) is 23.9 Å². The van der Waals surface area contributed by atoms with Gasteiger partial charge in [-0.1, -0.05) is 13.0 Å². The van der Waals surface area contributed by atoms with Crippen LogP contribution in [0.5, 0.6) is 0 Å². The van der Waals surface area contributed by atoms with Crippen LogP contribution in [0.2, 0.25) is 0 Å². The molecule has 2 fully saturated rings. The molecule has 1 atom stereocenters.